The molecule has 0 amide bonds. The molecule has 118 valence electrons. The highest BCUT2D eigenvalue weighted by atomic mass is 14.9. The molecule has 4 nitrogen and oxygen atoms in total. The third kappa shape index (κ3) is 7.29. The van der Waals surface area contributed by atoms with Gasteiger partial charge in [0.05, 0.1) is 0 Å². The molecule has 0 unspecified atom stereocenters. The quantitative estimate of drug-likeness (QED) is 0.626. The molecule has 0 atom stereocenters. The van der Waals surface area contributed by atoms with Crippen molar-refractivity contribution in [3.63, 3.8) is 0 Å². The van der Waals surface area contributed by atoms with Crippen LogP contribution in [0.5, 0.6) is 0 Å². The van der Waals surface area contributed by atoms with E-state index in [4.69, 9.17) is 0 Å². The van der Waals surface area contributed by atoms with Crippen molar-refractivity contribution >= 4 is 0 Å². The van der Waals surface area contributed by atoms with Crippen molar-refractivity contribution in [2.45, 2.75) is 38.8 Å². The van der Waals surface area contributed by atoms with Crippen molar-refractivity contribution in [1.29, 1.82) is 0 Å². The molecule has 0 saturated carbocycles. The second kappa shape index (κ2) is 10.9. The smallest absolute Gasteiger partial charge is 0.0271 e. The molecule has 0 aliphatic carbocycles. The molecule has 2 heterocycles. The molecule has 0 spiro atoms. The van der Waals surface area contributed by atoms with E-state index < -0.39 is 0 Å². The molecule has 0 aliphatic heterocycles. The molecule has 0 radical (unpaired) electrons. The van der Waals surface area contributed by atoms with E-state index in [-0.39, 0.29) is 0 Å². The fraction of sp³-hybridized carbons (Fsp3) is 0.444. The molecule has 0 aromatic carbocycles. The standard InChI is InChI=1S/C18H26N4/c1(3-9-21-15-17-5-11-19-12-6-17)2-4-10-22-16-18-7-13-20-14-8-18/h5-8,11-14,21-22H,1-4,9-10,15-16H2. The van der Waals surface area contributed by atoms with E-state index in [0.29, 0.717) is 0 Å². The predicted molar refractivity (Wildman–Crippen MR) is 90.4 cm³/mol. The average Bonchev–Trinajstić information content (AvgIpc) is 2.58. The number of aromatic nitrogens is 2. The maximum absolute atomic E-state index is 4.02. The Morgan fingerprint density at radius 3 is 1.41 bits per heavy atom. The molecule has 4 heteroatoms. The van der Waals surface area contributed by atoms with Crippen LogP contribution in [-0.2, 0) is 13.1 Å². The summed E-state index contributed by atoms with van der Waals surface area (Å²) in [5, 5.41) is 6.95. The zero-order valence-corrected chi connectivity index (χ0v) is 13.2. The second-order valence-electron chi connectivity index (χ2n) is 5.48. The highest BCUT2D eigenvalue weighted by Gasteiger charge is 1.94. The van der Waals surface area contributed by atoms with E-state index in [1.807, 2.05) is 24.8 Å². The highest BCUT2D eigenvalue weighted by Crippen LogP contribution is 2.00. The van der Waals surface area contributed by atoms with Gasteiger partial charge < -0.3 is 10.6 Å². The van der Waals surface area contributed by atoms with Gasteiger partial charge in [-0.25, -0.2) is 0 Å². The van der Waals surface area contributed by atoms with Crippen LogP contribution in [-0.4, -0.2) is 23.1 Å². The van der Waals surface area contributed by atoms with Gasteiger partial charge in [-0.3, -0.25) is 9.97 Å². The van der Waals surface area contributed by atoms with E-state index in [2.05, 4.69) is 44.9 Å². The summed E-state index contributed by atoms with van der Waals surface area (Å²) < 4.78 is 0. The number of unbranched alkanes of at least 4 members (excludes halogenated alkanes) is 3. The van der Waals surface area contributed by atoms with Gasteiger partial charge in [-0.05, 0) is 61.3 Å². The van der Waals surface area contributed by atoms with Crippen LogP contribution in [0.15, 0.2) is 49.1 Å². The molecule has 2 aromatic heterocycles. The lowest BCUT2D eigenvalue weighted by atomic mass is 10.2. The Balaban J connectivity index is 1.37. The molecule has 2 N–H and O–H groups in total. The fourth-order valence-electron chi connectivity index (χ4n) is 2.32. The number of nitrogens with one attached hydrogen (secondary N) is 2. The van der Waals surface area contributed by atoms with E-state index in [9.17, 15) is 0 Å². The van der Waals surface area contributed by atoms with E-state index >= 15 is 0 Å². The minimum atomic E-state index is 0.940. The SMILES string of the molecule is c1cc(CNCCCCCCNCc2ccncc2)ccn1. The summed E-state index contributed by atoms with van der Waals surface area (Å²) in [6.45, 7) is 4.06. The zero-order valence-electron chi connectivity index (χ0n) is 13.2. The van der Waals surface area contributed by atoms with Crippen LogP contribution in [0.1, 0.15) is 36.8 Å². The van der Waals surface area contributed by atoms with Crippen molar-refractivity contribution in [3.05, 3.63) is 60.2 Å². The first-order valence-electron chi connectivity index (χ1n) is 8.14. The Bertz CT molecular complexity index is 439. The Morgan fingerprint density at radius 2 is 1.00 bits per heavy atom. The Morgan fingerprint density at radius 1 is 0.591 bits per heavy atom. The predicted octanol–water partition coefficient (Wildman–Crippen LogP) is 2.92. The van der Waals surface area contributed by atoms with Crippen molar-refractivity contribution < 1.29 is 0 Å². The normalized spacial score (nSPS) is 10.7. The van der Waals surface area contributed by atoms with Crippen LogP contribution in [0.4, 0.5) is 0 Å². The lowest BCUT2D eigenvalue weighted by Gasteiger charge is -2.06. The Hall–Kier alpha value is -1.78. The van der Waals surface area contributed by atoms with Gasteiger partial charge in [0.15, 0.2) is 0 Å². The molecule has 0 saturated heterocycles. The number of rotatable bonds is 11. The van der Waals surface area contributed by atoms with Gasteiger partial charge in [0.1, 0.15) is 0 Å². The molecule has 0 aliphatic rings. The zero-order chi connectivity index (χ0) is 15.3. The van der Waals surface area contributed by atoms with Crippen molar-refractivity contribution in [2.24, 2.45) is 0 Å². The summed E-state index contributed by atoms with van der Waals surface area (Å²) in [7, 11) is 0. The van der Waals surface area contributed by atoms with Crippen LogP contribution >= 0.6 is 0 Å². The number of pyridine rings is 2. The monoisotopic (exact) mass is 298 g/mol. The third-order valence-corrected chi connectivity index (χ3v) is 3.61. The van der Waals surface area contributed by atoms with E-state index in [1.165, 1.54) is 36.8 Å². The van der Waals surface area contributed by atoms with Gasteiger partial charge in [0.25, 0.3) is 0 Å². The maximum atomic E-state index is 4.02. The third-order valence-electron chi connectivity index (χ3n) is 3.61. The largest absolute Gasteiger partial charge is 0.313 e. The summed E-state index contributed by atoms with van der Waals surface area (Å²) in [6, 6.07) is 8.23. The number of hydrogen-bond donors (Lipinski definition) is 2. The first-order valence-corrected chi connectivity index (χ1v) is 8.14. The topological polar surface area (TPSA) is 49.8 Å². The van der Waals surface area contributed by atoms with Gasteiger partial charge in [0, 0.05) is 37.9 Å². The molecule has 2 aromatic rings. The van der Waals surface area contributed by atoms with Crippen molar-refractivity contribution in [2.75, 3.05) is 13.1 Å². The highest BCUT2D eigenvalue weighted by molar-refractivity contribution is 5.09. The van der Waals surface area contributed by atoms with Crippen LogP contribution < -0.4 is 10.6 Å². The maximum Gasteiger partial charge on any atom is 0.0271 e. The average molecular weight is 298 g/mol. The van der Waals surface area contributed by atoms with E-state index in [0.717, 1.165) is 26.2 Å². The Labute approximate surface area is 133 Å². The summed E-state index contributed by atoms with van der Waals surface area (Å²) in [4.78, 5) is 8.04. The van der Waals surface area contributed by atoms with Gasteiger partial charge >= 0.3 is 0 Å². The first-order chi connectivity index (χ1) is 10.9. The van der Waals surface area contributed by atoms with Crippen molar-refractivity contribution in [1.82, 2.24) is 20.6 Å². The summed E-state index contributed by atoms with van der Waals surface area (Å²) in [6.07, 6.45) is 12.4. The van der Waals surface area contributed by atoms with Gasteiger partial charge in [-0.1, -0.05) is 12.8 Å². The molecule has 2 rings (SSSR count). The molecule has 0 fully saturated rings. The minimum absolute atomic E-state index is 0.940. The second-order valence-corrected chi connectivity index (χ2v) is 5.48. The fourth-order valence-corrected chi connectivity index (χ4v) is 2.32. The number of hydrogen-bond acceptors (Lipinski definition) is 4. The summed E-state index contributed by atoms with van der Waals surface area (Å²) in [5.74, 6) is 0. The molecular weight excluding hydrogens is 272 g/mol. The van der Waals surface area contributed by atoms with Crippen molar-refractivity contribution in [3.8, 4) is 0 Å². The summed E-state index contributed by atoms with van der Waals surface area (Å²) in [5.41, 5.74) is 2.60. The van der Waals surface area contributed by atoms with Gasteiger partial charge in [-0.2, -0.15) is 0 Å². The first kappa shape index (κ1) is 16.6. The minimum Gasteiger partial charge on any atom is -0.313 e. The van der Waals surface area contributed by atoms with Crippen LogP contribution in [0.25, 0.3) is 0 Å². The lowest BCUT2D eigenvalue weighted by Crippen LogP contribution is -2.16. The van der Waals surface area contributed by atoms with Crippen LogP contribution in [0.2, 0.25) is 0 Å². The molecular formula is C18H26N4. The molecule has 22 heavy (non-hydrogen) atoms. The Kier molecular flexibility index (Phi) is 8.20. The van der Waals surface area contributed by atoms with Crippen LogP contribution in [0, 0.1) is 0 Å². The summed E-state index contributed by atoms with van der Waals surface area (Å²) >= 11 is 0. The van der Waals surface area contributed by atoms with E-state index in [1.54, 1.807) is 0 Å². The number of nitrogens with zero attached hydrogens (tertiary/aromatic N) is 2. The van der Waals surface area contributed by atoms with Gasteiger partial charge in [0.2, 0.25) is 0 Å². The van der Waals surface area contributed by atoms with Gasteiger partial charge in [-0.15, -0.1) is 0 Å². The van der Waals surface area contributed by atoms with Crippen LogP contribution in [0.3, 0.4) is 0 Å². The molecule has 0 bridgehead atoms. The lowest BCUT2D eigenvalue weighted by molar-refractivity contribution is 0.563.